The number of nitrogen functional groups attached to an aromatic ring is 1. The number of aliphatic imine (C=N–C) groups is 1. The number of nitrogens with zero attached hydrogens (tertiary/aromatic N) is 1. The van der Waals surface area contributed by atoms with E-state index in [1.54, 1.807) is 13.1 Å². The molecule has 0 saturated carbocycles. The van der Waals surface area contributed by atoms with Crippen LogP contribution in [0.4, 0.5) is 10.1 Å². The second kappa shape index (κ2) is 11.0. The van der Waals surface area contributed by atoms with Crippen molar-refractivity contribution in [1.82, 2.24) is 0 Å². The molecule has 28 heavy (non-hydrogen) atoms. The molecular formula is C25H31FN2. The van der Waals surface area contributed by atoms with Gasteiger partial charge in [0, 0.05) is 12.6 Å². The second-order valence-corrected chi connectivity index (χ2v) is 6.80. The molecule has 0 aromatic heterocycles. The van der Waals surface area contributed by atoms with Gasteiger partial charge in [-0.2, -0.15) is 0 Å². The zero-order valence-electron chi connectivity index (χ0n) is 17.6. The third-order valence-corrected chi connectivity index (χ3v) is 4.27. The van der Waals surface area contributed by atoms with Crippen molar-refractivity contribution < 1.29 is 4.39 Å². The Hall–Kier alpha value is -2.94. The molecule has 0 heterocycles. The van der Waals surface area contributed by atoms with E-state index in [-0.39, 0.29) is 5.69 Å². The number of allylic oxidation sites excluding steroid dienone is 4. The molecule has 0 fully saturated rings. The van der Waals surface area contributed by atoms with Crippen LogP contribution in [0.3, 0.4) is 0 Å². The normalized spacial score (nSPS) is 10.6. The minimum Gasteiger partial charge on any atom is -0.396 e. The quantitative estimate of drug-likeness (QED) is 0.362. The third-order valence-electron chi connectivity index (χ3n) is 4.27. The summed E-state index contributed by atoms with van der Waals surface area (Å²) in [7, 11) is 1.66. The van der Waals surface area contributed by atoms with Crippen LogP contribution in [-0.4, -0.2) is 12.8 Å². The fourth-order valence-electron chi connectivity index (χ4n) is 2.53. The van der Waals surface area contributed by atoms with Gasteiger partial charge >= 0.3 is 0 Å². The Bertz CT molecular complexity index is 871. The highest BCUT2D eigenvalue weighted by molar-refractivity contribution is 6.09. The minimum atomic E-state index is -0.445. The predicted molar refractivity (Wildman–Crippen MR) is 122 cm³/mol. The zero-order chi connectivity index (χ0) is 21.3. The molecular weight excluding hydrogens is 347 g/mol. The molecule has 2 N–H and O–H groups in total. The highest BCUT2D eigenvalue weighted by atomic mass is 19.1. The van der Waals surface area contributed by atoms with Crippen molar-refractivity contribution in [3.05, 3.63) is 101 Å². The largest absolute Gasteiger partial charge is 0.396 e. The van der Waals surface area contributed by atoms with Crippen LogP contribution in [0.25, 0.3) is 0 Å². The lowest BCUT2D eigenvalue weighted by Crippen LogP contribution is -2.02. The molecule has 2 aromatic rings. The summed E-state index contributed by atoms with van der Waals surface area (Å²) >= 11 is 0. The first kappa shape index (κ1) is 23.1. The van der Waals surface area contributed by atoms with E-state index < -0.39 is 5.82 Å². The van der Waals surface area contributed by atoms with Crippen molar-refractivity contribution in [1.29, 1.82) is 0 Å². The molecule has 2 nitrogen and oxygen atoms in total. The van der Waals surface area contributed by atoms with Crippen molar-refractivity contribution in [2.45, 2.75) is 34.1 Å². The number of rotatable bonds is 5. The molecule has 0 amide bonds. The lowest BCUT2D eigenvalue weighted by Gasteiger charge is -2.09. The first-order valence-electron chi connectivity index (χ1n) is 9.30. The van der Waals surface area contributed by atoms with Crippen molar-refractivity contribution >= 4 is 11.4 Å². The van der Waals surface area contributed by atoms with Gasteiger partial charge in [-0.3, -0.25) is 4.99 Å². The van der Waals surface area contributed by atoms with Gasteiger partial charge < -0.3 is 5.73 Å². The number of hydrogen-bond donors (Lipinski definition) is 1. The summed E-state index contributed by atoms with van der Waals surface area (Å²) in [6.45, 7) is 15.9. The smallest absolute Gasteiger partial charge is 0.146 e. The van der Waals surface area contributed by atoms with Gasteiger partial charge in [0.1, 0.15) is 5.82 Å². The molecule has 0 saturated heterocycles. The van der Waals surface area contributed by atoms with Gasteiger partial charge in [0.2, 0.25) is 0 Å². The van der Waals surface area contributed by atoms with E-state index in [0.717, 1.165) is 23.1 Å². The van der Waals surface area contributed by atoms with Crippen molar-refractivity contribution in [3.63, 3.8) is 0 Å². The first-order valence-corrected chi connectivity index (χ1v) is 9.30. The van der Waals surface area contributed by atoms with Gasteiger partial charge in [-0.05, 0) is 56.5 Å². The number of aryl methyl sites for hydroxylation is 2. The average molecular weight is 379 g/mol. The number of anilines is 1. The molecule has 148 valence electrons. The molecule has 3 heteroatoms. The van der Waals surface area contributed by atoms with Crippen LogP contribution < -0.4 is 5.73 Å². The maximum absolute atomic E-state index is 13.5. The summed E-state index contributed by atoms with van der Waals surface area (Å²) in [4.78, 5) is 4.18. The summed E-state index contributed by atoms with van der Waals surface area (Å²) in [6.07, 6.45) is 3.00. The Labute approximate surface area is 169 Å². The Morgan fingerprint density at radius 1 is 1.07 bits per heavy atom. The topological polar surface area (TPSA) is 38.4 Å². The summed E-state index contributed by atoms with van der Waals surface area (Å²) in [5, 5.41) is 0. The van der Waals surface area contributed by atoms with Gasteiger partial charge in [0.25, 0.3) is 0 Å². The first-order chi connectivity index (χ1) is 13.2. The summed E-state index contributed by atoms with van der Waals surface area (Å²) in [5.74, 6) is -0.445. The lowest BCUT2D eigenvalue weighted by molar-refractivity contribution is 0.632. The Morgan fingerprint density at radius 3 is 2.07 bits per heavy atom. The van der Waals surface area contributed by atoms with E-state index >= 15 is 0 Å². The number of nitrogens with two attached hydrogens (primary N) is 1. The standard InChI is InChI=1S/C16H19FN2.C9H12/c1-10(2)13(11(3)4)9-16(19-5)12-6-7-15(18)14(17)8-12;1-3-9-6-4-8(2)5-7-9/h6-9H,1,3,18H2,2,4-5H3;4-7H,3H2,1-2H3. The highest BCUT2D eigenvalue weighted by Crippen LogP contribution is 2.19. The molecule has 0 unspecified atom stereocenters. The van der Waals surface area contributed by atoms with E-state index in [9.17, 15) is 4.39 Å². The fraction of sp³-hybridized carbons (Fsp3) is 0.240. The van der Waals surface area contributed by atoms with E-state index in [1.807, 2.05) is 19.9 Å². The molecule has 0 spiro atoms. The lowest BCUT2D eigenvalue weighted by atomic mass is 9.98. The molecule has 0 radical (unpaired) electrons. The predicted octanol–water partition coefficient (Wildman–Crippen LogP) is 6.46. The third kappa shape index (κ3) is 6.99. The average Bonchev–Trinajstić information content (AvgIpc) is 2.65. The number of benzene rings is 2. The van der Waals surface area contributed by atoms with Gasteiger partial charge in [0.05, 0.1) is 11.4 Å². The van der Waals surface area contributed by atoms with Crippen molar-refractivity contribution in [2.75, 3.05) is 12.8 Å². The number of hydrogen-bond acceptors (Lipinski definition) is 2. The molecule has 2 rings (SSSR count). The molecule has 2 aromatic carbocycles. The number of halogens is 1. The van der Waals surface area contributed by atoms with Gasteiger partial charge in [-0.1, -0.05) is 67.1 Å². The van der Waals surface area contributed by atoms with Crippen LogP contribution in [0.5, 0.6) is 0 Å². The van der Waals surface area contributed by atoms with Gasteiger partial charge in [0.15, 0.2) is 0 Å². The molecule has 0 aliphatic heterocycles. The van der Waals surface area contributed by atoms with E-state index in [2.05, 4.69) is 56.3 Å². The Balaban J connectivity index is 0.000000362. The monoisotopic (exact) mass is 378 g/mol. The SMILES string of the molecule is C=C(C)C(=CC(=NC)c1ccc(N)c(F)c1)C(=C)C.CCc1ccc(C)cc1. The van der Waals surface area contributed by atoms with E-state index in [4.69, 9.17) is 5.73 Å². The van der Waals surface area contributed by atoms with Crippen molar-refractivity contribution in [3.8, 4) is 0 Å². The Kier molecular flexibility index (Phi) is 9.10. The summed E-state index contributed by atoms with van der Waals surface area (Å²) < 4.78 is 13.5. The fourth-order valence-corrected chi connectivity index (χ4v) is 2.53. The van der Waals surface area contributed by atoms with Crippen LogP contribution >= 0.6 is 0 Å². The van der Waals surface area contributed by atoms with E-state index in [1.165, 1.54) is 23.3 Å². The molecule has 0 aliphatic carbocycles. The maximum atomic E-state index is 13.5. The molecule has 0 atom stereocenters. The van der Waals surface area contributed by atoms with Gasteiger partial charge in [-0.25, -0.2) is 4.39 Å². The Morgan fingerprint density at radius 2 is 1.64 bits per heavy atom. The van der Waals surface area contributed by atoms with Crippen LogP contribution in [0.1, 0.15) is 37.5 Å². The summed E-state index contributed by atoms with van der Waals surface area (Å²) in [6, 6.07) is 13.3. The van der Waals surface area contributed by atoms with E-state index in [0.29, 0.717) is 11.3 Å². The molecule has 0 aliphatic rings. The van der Waals surface area contributed by atoms with Crippen LogP contribution in [0.15, 0.2) is 83.4 Å². The molecule has 0 bridgehead atoms. The zero-order valence-corrected chi connectivity index (χ0v) is 17.6. The second-order valence-electron chi connectivity index (χ2n) is 6.80. The highest BCUT2D eigenvalue weighted by Gasteiger charge is 2.07. The van der Waals surface area contributed by atoms with Crippen LogP contribution in [0, 0.1) is 12.7 Å². The van der Waals surface area contributed by atoms with Crippen molar-refractivity contribution in [2.24, 2.45) is 4.99 Å². The van der Waals surface area contributed by atoms with Crippen LogP contribution in [0.2, 0.25) is 0 Å². The van der Waals surface area contributed by atoms with Gasteiger partial charge in [-0.15, -0.1) is 0 Å². The summed E-state index contributed by atoms with van der Waals surface area (Å²) in [5.41, 5.74) is 12.4. The van der Waals surface area contributed by atoms with Crippen LogP contribution in [-0.2, 0) is 6.42 Å². The maximum Gasteiger partial charge on any atom is 0.146 e. The minimum absolute atomic E-state index is 0.128.